The Morgan fingerprint density at radius 1 is 0.697 bits per heavy atom. The van der Waals surface area contributed by atoms with E-state index in [1.54, 1.807) is 0 Å². The highest BCUT2D eigenvalue weighted by atomic mass is 16.2. The van der Waals surface area contributed by atoms with Crippen LogP contribution in [0.3, 0.4) is 0 Å². The summed E-state index contributed by atoms with van der Waals surface area (Å²) >= 11 is 0. The number of piperazine rings is 2. The van der Waals surface area contributed by atoms with Crippen molar-refractivity contribution in [2.24, 2.45) is 5.92 Å². The van der Waals surface area contributed by atoms with Gasteiger partial charge in [-0.3, -0.25) is 19.4 Å². The first-order valence-corrected chi connectivity index (χ1v) is 12.3. The molecule has 174 valence electrons. The molecule has 33 heavy (non-hydrogen) atoms. The summed E-state index contributed by atoms with van der Waals surface area (Å²) in [5, 5.41) is 0. The van der Waals surface area contributed by atoms with E-state index in [0.29, 0.717) is 38.6 Å². The molecule has 0 radical (unpaired) electrons. The van der Waals surface area contributed by atoms with Crippen molar-refractivity contribution in [3.8, 4) is 0 Å². The minimum Gasteiger partial charge on any atom is -0.339 e. The Balaban J connectivity index is 1.14. The molecular formula is C27H34N4O2. The van der Waals surface area contributed by atoms with Crippen LogP contribution in [-0.2, 0) is 9.59 Å². The highest BCUT2D eigenvalue weighted by molar-refractivity contribution is 5.82. The molecule has 6 heteroatoms. The molecule has 6 nitrogen and oxygen atoms in total. The van der Waals surface area contributed by atoms with Crippen LogP contribution in [0.2, 0.25) is 0 Å². The number of carbonyl (C=O) groups is 2. The quantitative estimate of drug-likeness (QED) is 0.684. The second-order valence-corrected chi connectivity index (χ2v) is 9.52. The molecule has 0 unspecified atom stereocenters. The average molecular weight is 447 g/mol. The van der Waals surface area contributed by atoms with Crippen LogP contribution >= 0.6 is 0 Å². The lowest BCUT2D eigenvalue weighted by Crippen LogP contribution is -2.55. The third kappa shape index (κ3) is 5.28. The number of carbonyl (C=O) groups excluding carboxylic acids is 2. The number of benzene rings is 2. The molecule has 2 aromatic carbocycles. The van der Waals surface area contributed by atoms with Crippen LogP contribution in [0, 0.1) is 5.92 Å². The summed E-state index contributed by atoms with van der Waals surface area (Å²) in [4.78, 5) is 33.9. The Hall–Kier alpha value is -2.70. The van der Waals surface area contributed by atoms with Crippen LogP contribution < -0.4 is 0 Å². The van der Waals surface area contributed by atoms with Gasteiger partial charge in [0.2, 0.25) is 11.8 Å². The van der Waals surface area contributed by atoms with Gasteiger partial charge in [-0.2, -0.15) is 0 Å². The molecular weight excluding hydrogens is 412 g/mol. The second-order valence-electron chi connectivity index (χ2n) is 9.52. The summed E-state index contributed by atoms with van der Waals surface area (Å²) in [6, 6.07) is 21.6. The van der Waals surface area contributed by atoms with Gasteiger partial charge >= 0.3 is 0 Å². The molecule has 0 atom stereocenters. The van der Waals surface area contributed by atoms with Crippen molar-refractivity contribution in [1.29, 1.82) is 0 Å². The SMILES string of the molecule is O=C(CN1CCN(C(c2ccccc2)c2ccccc2)CC1)N1CCN(C(=O)C2CC2)CC1. The molecule has 0 spiro atoms. The maximum absolute atomic E-state index is 12.9. The molecule has 1 saturated carbocycles. The van der Waals surface area contributed by atoms with Gasteiger partial charge in [0.1, 0.15) is 0 Å². The Kier molecular flexibility index (Phi) is 6.74. The van der Waals surface area contributed by atoms with Gasteiger partial charge in [0.15, 0.2) is 0 Å². The van der Waals surface area contributed by atoms with E-state index < -0.39 is 0 Å². The first kappa shape index (κ1) is 22.1. The summed E-state index contributed by atoms with van der Waals surface area (Å²) in [6.45, 7) is 6.84. The lowest BCUT2D eigenvalue weighted by molar-refractivity contribution is -0.141. The molecule has 0 aromatic heterocycles. The summed E-state index contributed by atoms with van der Waals surface area (Å²) in [6.07, 6.45) is 2.08. The van der Waals surface area contributed by atoms with Crippen molar-refractivity contribution in [1.82, 2.24) is 19.6 Å². The smallest absolute Gasteiger partial charge is 0.236 e. The lowest BCUT2D eigenvalue weighted by atomic mass is 9.96. The Labute approximate surface area is 196 Å². The minimum absolute atomic E-state index is 0.199. The van der Waals surface area contributed by atoms with E-state index in [-0.39, 0.29) is 17.9 Å². The topological polar surface area (TPSA) is 47.1 Å². The van der Waals surface area contributed by atoms with E-state index in [2.05, 4.69) is 70.5 Å². The van der Waals surface area contributed by atoms with Crippen LogP contribution in [0.4, 0.5) is 0 Å². The molecule has 3 aliphatic rings. The number of rotatable bonds is 6. The predicted molar refractivity (Wildman–Crippen MR) is 129 cm³/mol. The van der Waals surface area contributed by atoms with Crippen molar-refractivity contribution in [2.75, 3.05) is 58.9 Å². The first-order chi connectivity index (χ1) is 16.2. The molecule has 1 aliphatic carbocycles. The maximum atomic E-state index is 12.9. The Morgan fingerprint density at radius 3 is 1.73 bits per heavy atom. The third-order valence-electron chi connectivity index (χ3n) is 7.23. The summed E-state index contributed by atoms with van der Waals surface area (Å²) in [7, 11) is 0. The fourth-order valence-electron chi connectivity index (χ4n) is 5.12. The zero-order valence-electron chi connectivity index (χ0n) is 19.3. The number of hydrogen-bond donors (Lipinski definition) is 0. The average Bonchev–Trinajstić information content (AvgIpc) is 3.72. The zero-order chi connectivity index (χ0) is 22.6. The molecule has 5 rings (SSSR count). The standard InChI is InChI=1S/C27H34N4O2/c32-25(29-17-19-31(20-18-29)27(33)24-11-12-24)21-28-13-15-30(16-14-28)26(22-7-3-1-4-8-22)23-9-5-2-6-10-23/h1-10,24,26H,11-21H2. The van der Waals surface area contributed by atoms with Gasteiger partial charge in [-0.25, -0.2) is 0 Å². The fourth-order valence-corrected chi connectivity index (χ4v) is 5.12. The van der Waals surface area contributed by atoms with Gasteiger partial charge in [0, 0.05) is 58.3 Å². The summed E-state index contributed by atoms with van der Waals surface area (Å²) < 4.78 is 0. The monoisotopic (exact) mass is 446 g/mol. The summed E-state index contributed by atoms with van der Waals surface area (Å²) in [5.74, 6) is 0.758. The van der Waals surface area contributed by atoms with Gasteiger partial charge in [-0.1, -0.05) is 60.7 Å². The fraction of sp³-hybridized carbons (Fsp3) is 0.481. The predicted octanol–water partition coefficient (Wildman–Crippen LogP) is 2.47. The van der Waals surface area contributed by atoms with Gasteiger partial charge in [-0.15, -0.1) is 0 Å². The molecule has 2 saturated heterocycles. The lowest BCUT2D eigenvalue weighted by Gasteiger charge is -2.40. The van der Waals surface area contributed by atoms with Crippen LogP contribution in [0.5, 0.6) is 0 Å². The van der Waals surface area contributed by atoms with Crippen LogP contribution in [-0.4, -0.2) is 90.3 Å². The molecule has 2 aliphatic heterocycles. The second kappa shape index (κ2) is 10.1. The van der Waals surface area contributed by atoms with E-state index in [0.717, 1.165) is 39.0 Å². The number of nitrogens with zero attached hydrogens (tertiary/aromatic N) is 4. The molecule has 2 heterocycles. The van der Waals surface area contributed by atoms with Crippen molar-refractivity contribution in [3.63, 3.8) is 0 Å². The highest BCUT2D eigenvalue weighted by Crippen LogP contribution is 2.31. The molecule has 0 N–H and O–H groups in total. The molecule has 2 aromatic rings. The minimum atomic E-state index is 0.199. The maximum Gasteiger partial charge on any atom is 0.236 e. The Morgan fingerprint density at radius 2 is 1.21 bits per heavy atom. The van der Waals surface area contributed by atoms with Crippen molar-refractivity contribution >= 4 is 11.8 Å². The van der Waals surface area contributed by atoms with Gasteiger partial charge in [0.25, 0.3) is 0 Å². The highest BCUT2D eigenvalue weighted by Gasteiger charge is 2.35. The van der Waals surface area contributed by atoms with Crippen LogP contribution in [0.1, 0.15) is 30.0 Å². The normalized spacial score (nSPS) is 20.3. The van der Waals surface area contributed by atoms with E-state index in [1.807, 2.05) is 9.80 Å². The number of hydrogen-bond acceptors (Lipinski definition) is 4. The zero-order valence-corrected chi connectivity index (χ0v) is 19.3. The Bertz CT molecular complexity index is 892. The third-order valence-corrected chi connectivity index (χ3v) is 7.23. The molecule has 2 amide bonds. The van der Waals surface area contributed by atoms with E-state index in [4.69, 9.17) is 0 Å². The molecule has 3 fully saturated rings. The van der Waals surface area contributed by atoms with E-state index in [1.165, 1.54) is 11.1 Å². The largest absolute Gasteiger partial charge is 0.339 e. The van der Waals surface area contributed by atoms with Crippen molar-refractivity contribution < 1.29 is 9.59 Å². The van der Waals surface area contributed by atoms with E-state index in [9.17, 15) is 9.59 Å². The van der Waals surface area contributed by atoms with Crippen LogP contribution in [0.25, 0.3) is 0 Å². The van der Waals surface area contributed by atoms with Gasteiger partial charge < -0.3 is 9.80 Å². The summed E-state index contributed by atoms with van der Waals surface area (Å²) in [5.41, 5.74) is 2.62. The van der Waals surface area contributed by atoms with Crippen molar-refractivity contribution in [2.45, 2.75) is 18.9 Å². The van der Waals surface area contributed by atoms with E-state index >= 15 is 0 Å². The number of amides is 2. The van der Waals surface area contributed by atoms with Crippen molar-refractivity contribution in [3.05, 3.63) is 71.8 Å². The van der Waals surface area contributed by atoms with Crippen LogP contribution in [0.15, 0.2) is 60.7 Å². The van der Waals surface area contributed by atoms with Gasteiger partial charge in [-0.05, 0) is 24.0 Å². The molecule has 0 bridgehead atoms. The van der Waals surface area contributed by atoms with Gasteiger partial charge in [0.05, 0.1) is 12.6 Å². The first-order valence-electron chi connectivity index (χ1n) is 12.3.